The van der Waals surface area contributed by atoms with Gasteiger partial charge in [0, 0.05) is 32.4 Å². The topological polar surface area (TPSA) is 118 Å². The molecule has 0 spiro atoms. The maximum absolute atomic E-state index is 12.5. The monoisotopic (exact) mass is 417 g/mol. The number of piperazine rings is 1. The number of aromatic nitrogens is 1. The second-order valence-electron chi connectivity index (χ2n) is 6.62. The number of primary amides is 1. The van der Waals surface area contributed by atoms with Crippen LogP contribution in [0.3, 0.4) is 0 Å². The van der Waals surface area contributed by atoms with Crippen molar-refractivity contribution < 1.29 is 19.1 Å². The Morgan fingerprint density at radius 2 is 1.97 bits per heavy atom. The average Bonchev–Trinajstić information content (AvgIpc) is 3.04. The molecule has 10 heteroatoms. The highest BCUT2D eigenvalue weighted by Crippen LogP contribution is 2.33. The van der Waals surface area contributed by atoms with E-state index in [0.29, 0.717) is 18.7 Å². The summed E-state index contributed by atoms with van der Waals surface area (Å²) in [7, 11) is 1.25. The van der Waals surface area contributed by atoms with Gasteiger partial charge in [0.2, 0.25) is 5.91 Å². The van der Waals surface area contributed by atoms with Crippen molar-refractivity contribution in [1.82, 2.24) is 9.88 Å². The molecule has 0 unspecified atom stereocenters. The summed E-state index contributed by atoms with van der Waals surface area (Å²) >= 11 is 0.984. The molecule has 3 rings (SSSR count). The molecule has 0 atom stereocenters. The van der Waals surface area contributed by atoms with Gasteiger partial charge < -0.3 is 20.7 Å². The van der Waals surface area contributed by atoms with Gasteiger partial charge in [0.15, 0.2) is 0 Å². The molecule has 3 heterocycles. The van der Waals surface area contributed by atoms with E-state index in [1.54, 1.807) is 13.1 Å². The Bertz CT molecular complexity index is 907. The Labute approximate surface area is 172 Å². The number of rotatable bonds is 6. The number of carbonyl (C=O) groups is 3. The quantitative estimate of drug-likeness (QED) is 0.676. The number of hydrogen-bond donors (Lipinski definition) is 2. The highest BCUT2D eigenvalue weighted by atomic mass is 32.1. The number of amides is 2. The van der Waals surface area contributed by atoms with Crippen LogP contribution >= 0.6 is 11.3 Å². The lowest BCUT2D eigenvalue weighted by Gasteiger charge is -2.34. The van der Waals surface area contributed by atoms with Crippen LogP contribution in [0.1, 0.15) is 25.6 Å². The van der Waals surface area contributed by atoms with Crippen molar-refractivity contribution in [3.05, 3.63) is 40.4 Å². The Hall–Kier alpha value is -2.98. The number of nitrogens with two attached hydrogens (primary N) is 1. The molecular weight excluding hydrogens is 394 g/mol. The van der Waals surface area contributed by atoms with E-state index in [4.69, 9.17) is 10.5 Å². The van der Waals surface area contributed by atoms with Crippen molar-refractivity contribution in [2.24, 2.45) is 5.73 Å². The number of nitrogens with zero attached hydrogens (tertiary/aromatic N) is 3. The summed E-state index contributed by atoms with van der Waals surface area (Å²) in [5, 5.41) is 3.01. The number of thiophene rings is 1. The number of esters is 1. The minimum atomic E-state index is -0.649. The third-order valence-corrected chi connectivity index (χ3v) is 5.95. The average molecular weight is 417 g/mol. The SMILES string of the molecule is COC(=O)c1c(NC(=O)CN2CCN(c3ccccn3)CC2)sc(C(N)=O)c1C. The van der Waals surface area contributed by atoms with Gasteiger partial charge >= 0.3 is 5.97 Å². The zero-order valence-electron chi connectivity index (χ0n) is 16.3. The fourth-order valence-corrected chi connectivity index (χ4v) is 4.29. The standard InChI is InChI=1S/C19H23N5O4S/c1-12-15(19(27)28-2)18(29-16(12)17(20)26)22-14(25)11-23-7-9-24(10-8-23)13-5-3-4-6-21-13/h3-6H,7-11H2,1-2H3,(H2,20,26)(H,22,25). The van der Waals surface area contributed by atoms with Crippen LogP contribution in [0, 0.1) is 6.92 Å². The first-order valence-electron chi connectivity index (χ1n) is 9.10. The highest BCUT2D eigenvalue weighted by Gasteiger charge is 2.26. The minimum absolute atomic E-state index is 0.166. The van der Waals surface area contributed by atoms with Crippen molar-refractivity contribution >= 4 is 39.9 Å². The van der Waals surface area contributed by atoms with E-state index in [1.807, 2.05) is 23.1 Å². The summed E-state index contributed by atoms with van der Waals surface area (Å²) in [6.45, 7) is 4.74. The molecule has 154 valence electrons. The Morgan fingerprint density at radius 3 is 2.55 bits per heavy atom. The molecule has 0 saturated carbocycles. The Morgan fingerprint density at radius 1 is 1.24 bits per heavy atom. The predicted octanol–water partition coefficient (Wildman–Crippen LogP) is 1.10. The van der Waals surface area contributed by atoms with Crippen molar-refractivity contribution in [2.75, 3.05) is 50.1 Å². The van der Waals surface area contributed by atoms with Gasteiger partial charge in [-0.05, 0) is 24.6 Å². The summed E-state index contributed by atoms with van der Waals surface area (Å²) in [6.07, 6.45) is 1.76. The van der Waals surface area contributed by atoms with Gasteiger partial charge in [-0.25, -0.2) is 9.78 Å². The van der Waals surface area contributed by atoms with Crippen LogP contribution in [-0.2, 0) is 9.53 Å². The van der Waals surface area contributed by atoms with E-state index in [2.05, 4.69) is 15.2 Å². The highest BCUT2D eigenvalue weighted by molar-refractivity contribution is 7.18. The van der Waals surface area contributed by atoms with E-state index in [0.717, 1.165) is 30.2 Å². The Balaban J connectivity index is 1.62. The molecule has 2 aromatic heterocycles. The number of pyridine rings is 1. The smallest absolute Gasteiger partial charge is 0.341 e. The largest absolute Gasteiger partial charge is 0.465 e. The molecule has 9 nitrogen and oxygen atoms in total. The molecule has 0 bridgehead atoms. The second kappa shape index (κ2) is 9.01. The van der Waals surface area contributed by atoms with Crippen LogP contribution in [-0.4, -0.2) is 67.5 Å². The molecule has 0 aromatic carbocycles. The molecule has 2 amide bonds. The van der Waals surface area contributed by atoms with Gasteiger partial charge in [-0.3, -0.25) is 14.5 Å². The first-order chi connectivity index (χ1) is 13.9. The lowest BCUT2D eigenvalue weighted by atomic mass is 10.1. The first kappa shape index (κ1) is 20.7. The molecular formula is C19H23N5O4S. The molecule has 1 aliphatic heterocycles. The summed E-state index contributed by atoms with van der Waals surface area (Å²) in [4.78, 5) is 45.0. The van der Waals surface area contributed by atoms with Gasteiger partial charge in [0.25, 0.3) is 5.91 Å². The minimum Gasteiger partial charge on any atom is -0.465 e. The van der Waals surface area contributed by atoms with Gasteiger partial charge in [-0.15, -0.1) is 11.3 Å². The van der Waals surface area contributed by atoms with Crippen molar-refractivity contribution in [3.63, 3.8) is 0 Å². The van der Waals surface area contributed by atoms with Crippen LogP contribution in [0.25, 0.3) is 0 Å². The lowest BCUT2D eigenvalue weighted by Crippen LogP contribution is -2.48. The molecule has 1 fully saturated rings. The van der Waals surface area contributed by atoms with Crippen molar-refractivity contribution in [3.8, 4) is 0 Å². The fourth-order valence-electron chi connectivity index (χ4n) is 3.23. The van der Waals surface area contributed by atoms with Crippen LogP contribution < -0.4 is 16.0 Å². The van der Waals surface area contributed by atoms with Crippen LogP contribution in [0.2, 0.25) is 0 Å². The summed E-state index contributed by atoms with van der Waals surface area (Å²) in [5.41, 5.74) is 5.95. The van der Waals surface area contributed by atoms with Gasteiger partial charge in [0.1, 0.15) is 10.8 Å². The van der Waals surface area contributed by atoms with Crippen LogP contribution in [0.15, 0.2) is 24.4 Å². The summed E-state index contributed by atoms with van der Waals surface area (Å²) in [6, 6.07) is 5.79. The number of hydrogen-bond acceptors (Lipinski definition) is 8. The lowest BCUT2D eigenvalue weighted by molar-refractivity contribution is -0.117. The first-order valence-corrected chi connectivity index (χ1v) is 9.92. The summed E-state index contributed by atoms with van der Waals surface area (Å²) < 4.78 is 4.78. The van der Waals surface area contributed by atoms with Crippen molar-refractivity contribution in [2.45, 2.75) is 6.92 Å². The summed E-state index contributed by atoms with van der Waals surface area (Å²) in [5.74, 6) is -0.611. The third-order valence-electron chi connectivity index (χ3n) is 4.73. The van der Waals surface area contributed by atoms with Crippen LogP contribution in [0.5, 0.6) is 0 Å². The third kappa shape index (κ3) is 4.72. The number of ether oxygens (including phenoxy) is 1. The van der Waals surface area contributed by atoms with Gasteiger partial charge in [-0.1, -0.05) is 6.07 Å². The Kier molecular flexibility index (Phi) is 6.45. The zero-order valence-corrected chi connectivity index (χ0v) is 17.1. The molecule has 1 aliphatic rings. The van der Waals surface area contributed by atoms with E-state index in [1.165, 1.54) is 7.11 Å². The van der Waals surface area contributed by atoms with E-state index in [-0.39, 0.29) is 27.9 Å². The zero-order chi connectivity index (χ0) is 21.0. The molecule has 2 aromatic rings. The molecule has 0 radical (unpaired) electrons. The molecule has 29 heavy (non-hydrogen) atoms. The van der Waals surface area contributed by atoms with Gasteiger partial charge in [-0.2, -0.15) is 0 Å². The predicted molar refractivity (Wildman–Crippen MR) is 110 cm³/mol. The molecule has 0 aliphatic carbocycles. The van der Waals surface area contributed by atoms with E-state index in [9.17, 15) is 14.4 Å². The number of anilines is 2. The van der Waals surface area contributed by atoms with Crippen molar-refractivity contribution in [1.29, 1.82) is 0 Å². The number of carbonyl (C=O) groups excluding carboxylic acids is 3. The fraction of sp³-hybridized carbons (Fsp3) is 0.368. The van der Waals surface area contributed by atoms with E-state index >= 15 is 0 Å². The molecule has 1 saturated heterocycles. The normalized spacial score (nSPS) is 14.5. The van der Waals surface area contributed by atoms with E-state index < -0.39 is 11.9 Å². The maximum atomic E-state index is 12.5. The van der Waals surface area contributed by atoms with Crippen LogP contribution in [0.4, 0.5) is 10.8 Å². The maximum Gasteiger partial charge on any atom is 0.341 e. The number of methoxy groups -OCH3 is 1. The number of nitrogens with one attached hydrogen (secondary N) is 1. The van der Waals surface area contributed by atoms with Gasteiger partial charge in [0.05, 0.1) is 24.1 Å². The molecule has 3 N–H and O–H groups in total. The second-order valence-corrected chi connectivity index (χ2v) is 7.64.